The fourth-order valence-corrected chi connectivity index (χ4v) is 1.40. The first kappa shape index (κ1) is 13.4. The molecule has 0 rings (SSSR count). The summed E-state index contributed by atoms with van der Waals surface area (Å²) >= 11 is 0. The van der Waals surface area contributed by atoms with Crippen molar-refractivity contribution >= 4 is 5.91 Å². The molecule has 0 radical (unpaired) electrons. The molecule has 0 bridgehead atoms. The highest BCUT2D eigenvalue weighted by Crippen LogP contribution is 2.01. The van der Waals surface area contributed by atoms with Gasteiger partial charge >= 0.3 is 0 Å². The highest BCUT2D eigenvalue weighted by Gasteiger charge is 2.13. The van der Waals surface area contributed by atoms with Gasteiger partial charge in [-0.1, -0.05) is 13.8 Å². The zero-order chi connectivity index (χ0) is 11.0. The van der Waals surface area contributed by atoms with Gasteiger partial charge in [0.05, 0.1) is 0 Å². The number of nitrogens with zero attached hydrogens (tertiary/aromatic N) is 1. The highest BCUT2D eigenvalue weighted by molar-refractivity contribution is 5.76. The van der Waals surface area contributed by atoms with Crippen LogP contribution < -0.4 is 11.5 Å². The number of carbonyl (C=O) groups excluding carboxylic acids is 1. The number of amides is 1. The van der Waals surface area contributed by atoms with Crippen LogP contribution >= 0.6 is 0 Å². The lowest BCUT2D eigenvalue weighted by atomic mass is 10.1. The Labute approximate surface area is 86.6 Å². The van der Waals surface area contributed by atoms with Crippen molar-refractivity contribution in [2.24, 2.45) is 17.4 Å². The Kier molecular flexibility index (Phi) is 7.42. The van der Waals surface area contributed by atoms with Crippen LogP contribution in [0.3, 0.4) is 0 Å². The molecular formula is C10H23N3O. The third kappa shape index (κ3) is 5.94. The third-order valence-corrected chi connectivity index (χ3v) is 2.24. The fraction of sp³-hybridized carbons (Fsp3) is 0.900. The van der Waals surface area contributed by atoms with Crippen LogP contribution in [-0.4, -0.2) is 37.0 Å². The molecule has 0 aromatic heterocycles. The quantitative estimate of drug-likeness (QED) is 0.588. The molecule has 1 unspecified atom stereocenters. The molecule has 0 aliphatic heterocycles. The molecule has 84 valence electrons. The van der Waals surface area contributed by atoms with Crippen LogP contribution in [-0.2, 0) is 4.79 Å². The van der Waals surface area contributed by atoms with Crippen molar-refractivity contribution in [3.8, 4) is 0 Å². The van der Waals surface area contributed by atoms with Crippen molar-refractivity contribution in [1.82, 2.24) is 4.90 Å². The molecule has 0 aliphatic rings. The molecule has 0 heterocycles. The Morgan fingerprint density at radius 1 is 1.43 bits per heavy atom. The number of primary amides is 1. The lowest BCUT2D eigenvalue weighted by Gasteiger charge is -2.23. The lowest BCUT2D eigenvalue weighted by Crippen LogP contribution is -2.36. The predicted molar refractivity (Wildman–Crippen MR) is 58.8 cm³/mol. The van der Waals surface area contributed by atoms with E-state index >= 15 is 0 Å². The number of carbonyl (C=O) groups is 1. The van der Waals surface area contributed by atoms with E-state index in [4.69, 9.17) is 11.5 Å². The number of nitrogens with two attached hydrogens (primary N) is 2. The first-order valence-corrected chi connectivity index (χ1v) is 5.33. The van der Waals surface area contributed by atoms with Crippen molar-refractivity contribution in [3.05, 3.63) is 0 Å². The van der Waals surface area contributed by atoms with Gasteiger partial charge in [0.25, 0.3) is 0 Å². The minimum atomic E-state index is -0.223. The van der Waals surface area contributed by atoms with Crippen molar-refractivity contribution in [2.45, 2.75) is 26.7 Å². The molecule has 0 saturated carbocycles. The molecular weight excluding hydrogens is 178 g/mol. The molecule has 0 spiro atoms. The summed E-state index contributed by atoms with van der Waals surface area (Å²) in [5, 5.41) is 0. The van der Waals surface area contributed by atoms with Crippen molar-refractivity contribution in [3.63, 3.8) is 0 Å². The summed E-state index contributed by atoms with van der Waals surface area (Å²) < 4.78 is 0. The van der Waals surface area contributed by atoms with E-state index in [1.54, 1.807) is 0 Å². The normalized spacial score (nSPS) is 13.1. The first-order chi connectivity index (χ1) is 6.61. The largest absolute Gasteiger partial charge is 0.369 e. The Morgan fingerprint density at radius 3 is 2.50 bits per heavy atom. The van der Waals surface area contributed by atoms with Crippen LogP contribution in [0.25, 0.3) is 0 Å². The zero-order valence-electron chi connectivity index (χ0n) is 9.33. The Bertz CT molecular complexity index is 161. The predicted octanol–water partition coefficient (Wildman–Crippen LogP) is 0.169. The third-order valence-electron chi connectivity index (χ3n) is 2.24. The van der Waals surface area contributed by atoms with Gasteiger partial charge in [-0.2, -0.15) is 0 Å². The maximum absolute atomic E-state index is 10.9. The van der Waals surface area contributed by atoms with E-state index in [0.29, 0.717) is 6.54 Å². The van der Waals surface area contributed by atoms with Gasteiger partial charge < -0.3 is 16.4 Å². The van der Waals surface area contributed by atoms with E-state index < -0.39 is 0 Å². The SMILES string of the molecule is CCCN(CCCN)CC(C)C(N)=O. The van der Waals surface area contributed by atoms with Gasteiger partial charge in [0.1, 0.15) is 0 Å². The second-order valence-corrected chi connectivity index (χ2v) is 3.75. The molecule has 0 aliphatic carbocycles. The molecule has 4 N–H and O–H groups in total. The smallest absolute Gasteiger partial charge is 0.221 e. The Morgan fingerprint density at radius 2 is 2.07 bits per heavy atom. The van der Waals surface area contributed by atoms with Crippen molar-refractivity contribution in [2.75, 3.05) is 26.2 Å². The zero-order valence-corrected chi connectivity index (χ0v) is 9.33. The molecule has 0 aromatic rings. The first-order valence-electron chi connectivity index (χ1n) is 5.33. The van der Waals surface area contributed by atoms with Crippen LogP contribution in [0.2, 0.25) is 0 Å². The maximum atomic E-state index is 10.9. The molecule has 0 saturated heterocycles. The van der Waals surface area contributed by atoms with E-state index in [2.05, 4.69) is 11.8 Å². The van der Waals surface area contributed by atoms with E-state index in [9.17, 15) is 4.79 Å². The van der Waals surface area contributed by atoms with Gasteiger partial charge in [0.15, 0.2) is 0 Å². The summed E-state index contributed by atoms with van der Waals surface area (Å²) in [6, 6.07) is 0. The van der Waals surface area contributed by atoms with Crippen LogP contribution in [0.4, 0.5) is 0 Å². The molecule has 4 nitrogen and oxygen atoms in total. The standard InChI is InChI=1S/C10H23N3O/c1-3-6-13(7-4-5-11)8-9(2)10(12)14/h9H,3-8,11H2,1-2H3,(H2,12,14). The summed E-state index contributed by atoms with van der Waals surface area (Å²) in [4.78, 5) is 13.1. The van der Waals surface area contributed by atoms with Gasteiger partial charge in [-0.15, -0.1) is 0 Å². The Hall–Kier alpha value is -0.610. The summed E-state index contributed by atoms with van der Waals surface area (Å²) in [7, 11) is 0. The topological polar surface area (TPSA) is 72.3 Å². The van der Waals surface area contributed by atoms with Crippen LogP contribution in [0, 0.1) is 5.92 Å². The molecule has 0 fully saturated rings. The van der Waals surface area contributed by atoms with Crippen LogP contribution in [0.1, 0.15) is 26.7 Å². The highest BCUT2D eigenvalue weighted by atomic mass is 16.1. The minimum absolute atomic E-state index is 0.0701. The van der Waals surface area contributed by atoms with Gasteiger partial charge in [-0.05, 0) is 32.5 Å². The van der Waals surface area contributed by atoms with E-state index in [-0.39, 0.29) is 11.8 Å². The average Bonchev–Trinajstić information content (AvgIpc) is 2.14. The van der Waals surface area contributed by atoms with Crippen molar-refractivity contribution in [1.29, 1.82) is 0 Å². The molecule has 4 heteroatoms. The monoisotopic (exact) mass is 201 g/mol. The van der Waals surface area contributed by atoms with Crippen LogP contribution in [0.5, 0.6) is 0 Å². The average molecular weight is 201 g/mol. The van der Waals surface area contributed by atoms with Gasteiger partial charge in [-0.3, -0.25) is 4.79 Å². The maximum Gasteiger partial charge on any atom is 0.221 e. The summed E-state index contributed by atoms with van der Waals surface area (Å²) in [5.74, 6) is -0.293. The van der Waals surface area contributed by atoms with E-state index in [1.165, 1.54) is 0 Å². The van der Waals surface area contributed by atoms with Crippen molar-refractivity contribution < 1.29 is 4.79 Å². The molecule has 0 aromatic carbocycles. The molecule has 1 atom stereocenters. The van der Waals surface area contributed by atoms with Crippen LogP contribution in [0.15, 0.2) is 0 Å². The minimum Gasteiger partial charge on any atom is -0.369 e. The Balaban J connectivity index is 3.87. The summed E-state index contributed by atoms with van der Waals surface area (Å²) in [5.41, 5.74) is 10.7. The van der Waals surface area contributed by atoms with E-state index in [0.717, 1.165) is 32.5 Å². The van der Waals surface area contributed by atoms with Gasteiger partial charge in [0, 0.05) is 12.5 Å². The number of hydrogen-bond acceptors (Lipinski definition) is 3. The number of rotatable bonds is 8. The fourth-order valence-electron chi connectivity index (χ4n) is 1.40. The summed E-state index contributed by atoms with van der Waals surface area (Å²) in [6.45, 7) is 7.42. The molecule has 1 amide bonds. The van der Waals surface area contributed by atoms with Gasteiger partial charge in [-0.25, -0.2) is 0 Å². The van der Waals surface area contributed by atoms with Gasteiger partial charge in [0.2, 0.25) is 5.91 Å². The second-order valence-electron chi connectivity index (χ2n) is 3.75. The lowest BCUT2D eigenvalue weighted by molar-refractivity contribution is -0.121. The second kappa shape index (κ2) is 7.76. The summed E-state index contributed by atoms with van der Waals surface area (Å²) in [6.07, 6.45) is 2.07. The molecule has 14 heavy (non-hydrogen) atoms. The number of hydrogen-bond donors (Lipinski definition) is 2. The van der Waals surface area contributed by atoms with E-state index in [1.807, 2.05) is 6.92 Å².